The van der Waals surface area contributed by atoms with E-state index in [0.29, 0.717) is 13.2 Å². The number of amides is 1. The summed E-state index contributed by atoms with van der Waals surface area (Å²) < 4.78 is 4.83. The number of aliphatic hydroxyl groups is 1. The standard InChI is InChI=1S/C10H22N2O3/c1-8(7-13)12(3)9(2)10(14)11-5-6-15-4/h8-9,13H,5-7H2,1-4H3,(H,11,14). The predicted octanol–water partition coefficient (Wildman–Crippen LogP) is -0.550. The normalized spacial score (nSPS) is 15.1. The van der Waals surface area contributed by atoms with Crippen molar-refractivity contribution in [1.82, 2.24) is 10.2 Å². The summed E-state index contributed by atoms with van der Waals surface area (Å²) in [6, 6.07) is -0.266. The fraction of sp³-hybridized carbons (Fsp3) is 0.900. The Morgan fingerprint density at radius 2 is 2.13 bits per heavy atom. The Hall–Kier alpha value is -0.650. The molecule has 0 spiro atoms. The highest BCUT2D eigenvalue weighted by molar-refractivity contribution is 5.81. The monoisotopic (exact) mass is 218 g/mol. The third kappa shape index (κ3) is 5.11. The predicted molar refractivity (Wildman–Crippen MR) is 58.7 cm³/mol. The molecular formula is C10H22N2O3. The molecule has 0 aliphatic carbocycles. The van der Waals surface area contributed by atoms with Crippen molar-refractivity contribution in [2.75, 3.05) is 33.9 Å². The molecule has 1 amide bonds. The smallest absolute Gasteiger partial charge is 0.237 e. The molecule has 0 aromatic heterocycles. The first kappa shape index (κ1) is 14.3. The highest BCUT2D eigenvalue weighted by Crippen LogP contribution is 2.01. The Labute approximate surface area is 91.4 Å². The van der Waals surface area contributed by atoms with Crippen LogP contribution in [0.2, 0.25) is 0 Å². The third-order valence-corrected chi connectivity index (χ3v) is 2.56. The van der Waals surface area contributed by atoms with Gasteiger partial charge < -0.3 is 15.2 Å². The molecule has 0 radical (unpaired) electrons. The van der Waals surface area contributed by atoms with Crippen LogP contribution in [0.4, 0.5) is 0 Å². The van der Waals surface area contributed by atoms with Gasteiger partial charge in [0.1, 0.15) is 0 Å². The van der Waals surface area contributed by atoms with Crippen molar-refractivity contribution in [2.45, 2.75) is 25.9 Å². The Morgan fingerprint density at radius 3 is 2.60 bits per heavy atom. The molecule has 0 aliphatic rings. The van der Waals surface area contributed by atoms with Crippen LogP contribution in [0.15, 0.2) is 0 Å². The maximum absolute atomic E-state index is 11.6. The minimum Gasteiger partial charge on any atom is -0.395 e. The fourth-order valence-electron chi connectivity index (χ4n) is 1.12. The van der Waals surface area contributed by atoms with Crippen molar-refractivity contribution >= 4 is 5.91 Å². The Kier molecular flexibility index (Phi) is 7.29. The molecule has 0 rings (SSSR count). The second-order valence-corrected chi connectivity index (χ2v) is 3.66. The Morgan fingerprint density at radius 1 is 1.53 bits per heavy atom. The first-order valence-corrected chi connectivity index (χ1v) is 5.14. The molecule has 2 atom stereocenters. The number of hydrogen-bond acceptors (Lipinski definition) is 4. The second kappa shape index (κ2) is 7.62. The number of carbonyl (C=O) groups is 1. The van der Waals surface area contributed by atoms with Gasteiger partial charge >= 0.3 is 0 Å². The third-order valence-electron chi connectivity index (χ3n) is 2.56. The molecule has 0 aromatic rings. The van der Waals surface area contributed by atoms with Gasteiger partial charge in [0.2, 0.25) is 5.91 Å². The van der Waals surface area contributed by atoms with E-state index in [-0.39, 0.29) is 24.6 Å². The van der Waals surface area contributed by atoms with E-state index >= 15 is 0 Å². The largest absolute Gasteiger partial charge is 0.395 e. The minimum absolute atomic E-state index is 0.0202. The summed E-state index contributed by atoms with van der Waals surface area (Å²) in [5.41, 5.74) is 0. The molecule has 0 saturated carbocycles. The van der Waals surface area contributed by atoms with Crippen LogP contribution in [0.5, 0.6) is 0 Å². The average molecular weight is 218 g/mol. The quantitative estimate of drug-likeness (QED) is 0.563. The van der Waals surface area contributed by atoms with Crippen LogP contribution < -0.4 is 5.32 Å². The van der Waals surface area contributed by atoms with Crippen molar-refractivity contribution < 1.29 is 14.6 Å². The van der Waals surface area contributed by atoms with Crippen LogP contribution >= 0.6 is 0 Å². The molecule has 90 valence electrons. The number of rotatable bonds is 7. The first-order chi connectivity index (χ1) is 7.04. The van der Waals surface area contributed by atoms with Gasteiger partial charge in [-0.2, -0.15) is 0 Å². The lowest BCUT2D eigenvalue weighted by atomic mass is 10.2. The van der Waals surface area contributed by atoms with Crippen LogP contribution in [0, 0.1) is 0 Å². The zero-order valence-corrected chi connectivity index (χ0v) is 9.99. The van der Waals surface area contributed by atoms with E-state index in [1.165, 1.54) is 0 Å². The van der Waals surface area contributed by atoms with Gasteiger partial charge in [-0.3, -0.25) is 9.69 Å². The Balaban J connectivity index is 3.96. The molecule has 0 saturated heterocycles. The van der Waals surface area contributed by atoms with E-state index in [2.05, 4.69) is 5.32 Å². The van der Waals surface area contributed by atoms with Crippen molar-refractivity contribution in [3.63, 3.8) is 0 Å². The van der Waals surface area contributed by atoms with Crippen LogP contribution in [0.1, 0.15) is 13.8 Å². The van der Waals surface area contributed by atoms with Gasteiger partial charge in [0.05, 0.1) is 19.3 Å². The van der Waals surface area contributed by atoms with Gasteiger partial charge in [-0.1, -0.05) is 0 Å². The van der Waals surface area contributed by atoms with Gasteiger partial charge in [-0.05, 0) is 20.9 Å². The van der Waals surface area contributed by atoms with Crippen LogP contribution in [-0.4, -0.2) is 61.9 Å². The van der Waals surface area contributed by atoms with E-state index in [1.54, 1.807) is 7.11 Å². The van der Waals surface area contributed by atoms with E-state index in [1.807, 2.05) is 25.8 Å². The lowest BCUT2D eigenvalue weighted by Crippen LogP contribution is -2.48. The summed E-state index contributed by atoms with van der Waals surface area (Å²) in [6.07, 6.45) is 0. The van der Waals surface area contributed by atoms with E-state index in [4.69, 9.17) is 9.84 Å². The number of carbonyl (C=O) groups excluding carboxylic acids is 1. The number of likely N-dealkylation sites (N-methyl/N-ethyl adjacent to an activating group) is 1. The molecule has 15 heavy (non-hydrogen) atoms. The number of nitrogens with zero attached hydrogens (tertiary/aromatic N) is 1. The topological polar surface area (TPSA) is 61.8 Å². The Bertz CT molecular complexity index is 188. The summed E-state index contributed by atoms with van der Waals surface area (Å²) in [6.45, 7) is 4.76. The highest BCUT2D eigenvalue weighted by atomic mass is 16.5. The highest BCUT2D eigenvalue weighted by Gasteiger charge is 2.21. The summed E-state index contributed by atoms with van der Waals surface area (Å²) in [5.74, 6) is -0.0464. The maximum Gasteiger partial charge on any atom is 0.237 e. The molecule has 0 aliphatic heterocycles. The molecule has 5 heteroatoms. The summed E-state index contributed by atoms with van der Waals surface area (Å²) >= 11 is 0. The summed E-state index contributed by atoms with van der Waals surface area (Å²) in [7, 11) is 3.41. The number of methoxy groups -OCH3 is 1. The molecule has 2 unspecified atom stereocenters. The number of hydrogen-bond donors (Lipinski definition) is 2. The number of nitrogens with one attached hydrogen (secondary N) is 1. The summed E-state index contributed by atoms with van der Waals surface area (Å²) in [5, 5.41) is 11.7. The molecule has 0 fully saturated rings. The van der Waals surface area contributed by atoms with E-state index < -0.39 is 0 Å². The number of ether oxygens (including phenoxy) is 1. The maximum atomic E-state index is 11.6. The van der Waals surface area contributed by atoms with Crippen LogP contribution in [-0.2, 0) is 9.53 Å². The lowest BCUT2D eigenvalue weighted by molar-refractivity contribution is -0.126. The summed E-state index contributed by atoms with van der Waals surface area (Å²) in [4.78, 5) is 13.4. The lowest BCUT2D eigenvalue weighted by Gasteiger charge is -2.28. The number of aliphatic hydroxyl groups excluding tert-OH is 1. The van der Waals surface area contributed by atoms with Crippen molar-refractivity contribution in [3.05, 3.63) is 0 Å². The van der Waals surface area contributed by atoms with Gasteiger partial charge in [0.15, 0.2) is 0 Å². The van der Waals surface area contributed by atoms with Crippen molar-refractivity contribution in [1.29, 1.82) is 0 Å². The van der Waals surface area contributed by atoms with Gasteiger partial charge in [0.25, 0.3) is 0 Å². The SMILES string of the molecule is COCCNC(=O)C(C)N(C)C(C)CO. The molecule has 0 aromatic carbocycles. The zero-order chi connectivity index (χ0) is 11.8. The van der Waals surface area contributed by atoms with Crippen molar-refractivity contribution in [3.8, 4) is 0 Å². The average Bonchev–Trinajstić information content (AvgIpc) is 2.26. The molecule has 2 N–H and O–H groups in total. The second-order valence-electron chi connectivity index (χ2n) is 3.66. The van der Waals surface area contributed by atoms with E-state index in [9.17, 15) is 4.79 Å². The minimum atomic E-state index is -0.246. The van der Waals surface area contributed by atoms with E-state index in [0.717, 1.165) is 0 Å². The van der Waals surface area contributed by atoms with Gasteiger partial charge in [-0.25, -0.2) is 0 Å². The van der Waals surface area contributed by atoms with Gasteiger partial charge in [0, 0.05) is 19.7 Å². The molecule has 0 heterocycles. The molecular weight excluding hydrogens is 196 g/mol. The van der Waals surface area contributed by atoms with Crippen molar-refractivity contribution in [2.24, 2.45) is 0 Å². The molecule has 5 nitrogen and oxygen atoms in total. The zero-order valence-electron chi connectivity index (χ0n) is 9.99. The first-order valence-electron chi connectivity index (χ1n) is 5.14. The van der Waals surface area contributed by atoms with Gasteiger partial charge in [-0.15, -0.1) is 0 Å². The fourth-order valence-corrected chi connectivity index (χ4v) is 1.12. The van der Waals surface area contributed by atoms with Crippen LogP contribution in [0.3, 0.4) is 0 Å². The molecule has 0 bridgehead atoms. The van der Waals surface area contributed by atoms with Crippen LogP contribution in [0.25, 0.3) is 0 Å².